The van der Waals surface area contributed by atoms with E-state index >= 15 is 0 Å². The van der Waals surface area contributed by atoms with Crippen molar-refractivity contribution in [2.45, 2.75) is 20.8 Å². The van der Waals surface area contributed by atoms with Gasteiger partial charge in [0.25, 0.3) is 0 Å². The summed E-state index contributed by atoms with van der Waals surface area (Å²) >= 11 is 0. The SMILES string of the molecule is C=C(C)/C(C)=C/C(C)=O. The number of rotatable bonds is 2. The first kappa shape index (κ1) is 8.15. The zero-order chi connectivity index (χ0) is 7.44. The van der Waals surface area contributed by atoms with Crippen molar-refractivity contribution in [3.8, 4) is 0 Å². The Labute approximate surface area is 56.1 Å². The van der Waals surface area contributed by atoms with E-state index in [9.17, 15) is 4.79 Å². The lowest BCUT2D eigenvalue weighted by Gasteiger charge is -1.94. The number of ketones is 1. The molecule has 0 aromatic rings. The zero-order valence-corrected chi connectivity index (χ0v) is 6.19. The van der Waals surface area contributed by atoms with Gasteiger partial charge < -0.3 is 0 Å². The Kier molecular flexibility index (Phi) is 2.93. The highest BCUT2D eigenvalue weighted by molar-refractivity contribution is 5.88. The summed E-state index contributed by atoms with van der Waals surface area (Å²) in [5.41, 5.74) is 1.91. The van der Waals surface area contributed by atoms with E-state index in [2.05, 4.69) is 6.58 Å². The summed E-state index contributed by atoms with van der Waals surface area (Å²) in [5.74, 6) is 0.0792. The topological polar surface area (TPSA) is 17.1 Å². The molecule has 9 heavy (non-hydrogen) atoms. The Hall–Kier alpha value is -0.850. The van der Waals surface area contributed by atoms with Gasteiger partial charge in [-0.2, -0.15) is 0 Å². The minimum atomic E-state index is 0.0792. The molecule has 50 valence electrons. The molecule has 0 N–H and O–H groups in total. The van der Waals surface area contributed by atoms with Crippen LogP contribution in [0.3, 0.4) is 0 Å². The van der Waals surface area contributed by atoms with E-state index in [0.29, 0.717) is 0 Å². The molecule has 0 aliphatic rings. The van der Waals surface area contributed by atoms with Gasteiger partial charge in [0, 0.05) is 0 Å². The first-order chi connectivity index (χ1) is 4.04. The summed E-state index contributed by atoms with van der Waals surface area (Å²) in [5, 5.41) is 0. The first-order valence-corrected chi connectivity index (χ1v) is 2.89. The Morgan fingerprint density at radius 1 is 1.33 bits per heavy atom. The Bertz CT molecular complexity index is 163. The molecule has 0 aliphatic heterocycles. The van der Waals surface area contributed by atoms with E-state index in [4.69, 9.17) is 0 Å². The lowest BCUT2D eigenvalue weighted by Crippen LogP contribution is -1.85. The van der Waals surface area contributed by atoms with Crippen molar-refractivity contribution in [1.82, 2.24) is 0 Å². The lowest BCUT2D eigenvalue weighted by molar-refractivity contribution is -0.112. The Morgan fingerprint density at radius 2 is 1.78 bits per heavy atom. The third kappa shape index (κ3) is 3.71. The van der Waals surface area contributed by atoms with Crippen molar-refractivity contribution in [3.63, 3.8) is 0 Å². The van der Waals surface area contributed by atoms with Crippen LogP contribution in [0.4, 0.5) is 0 Å². The molecule has 0 unspecified atom stereocenters. The van der Waals surface area contributed by atoms with Gasteiger partial charge in [-0.3, -0.25) is 4.79 Å². The number of hydrogen-bond donors (Lipinski definition) is 0. The van der Waals surface area contributed by atoms with E-state index in [1.807, 2.05) is 13.8 Å². The molecule has 0 atom stereocenters. The number of hydrogen-bond acceptors (Lipinski definition) is 1. The highest BCUT2D eigenvalue weighted by Crippen LogP contribution is 2.03. The van der Waals surface area contributed by atoms with Gasteiger partial charge in [-0.1, -0.05) is 12.2 Å². The molecule has 0 aromatic carbocycles. The van der Waals surface area contributed by atoms with E-state index in [1.165, 1.54) is 6.92 Å². The molecule has 0 saturated heterocycles. The molecular weight excluding hydrogens is 112 g/mol. The van der Waals surface area contributed by atoms with Gasteiger partial charge >= 0.3 is 0 Å². The molecule has 0 saturated carbocycles. The van der Waals surface area contributed by atoms with Crippen LogP contribution >= 0.6 is 0 Å². The van der Waals surface area contributed by atoms with Gasteiger partial charge in [-0.05, 0) is 32.4 Å². The zero-order valence-electron chi connectivity index (χ0n) is 6.19. The monoisotopic (exact) mass is 124 g/mol. The standard InChI is InChI=1S/C8H12O/c1-6(2)7(3)5-8(4)9/h5H,1H2,2-4H3/b7-5+. The van der Waals surface area contributed by atoms with Crippen LogP contribution in [-0.2, 0) is 4.79 Å². The predicted octanol–water partition coefficient (Wildman–Crippen LogP) is 2.10. The van der Waals surface area contributed by atoms with E-state index in [-0.39, 0.29) is 5.78 Å². The maximum Gasteiger partial charge on any atom is 0.152 e. The van der Waals surface area contributed by atoms with Crippen LogP contribution < -0.4 is 0 Å². The first-order valence-electron chi connectivity index (χ1n) is 2.89. The van der Waals surface area contributed by atoms with Gasteiger partial charge in [0.15, 0.2) is 5.78 Å². The van der Waals surface area contributed by atoms with Crippen LogP contribution in [0.2, 0.25) is 0 Å². The summed E-state index contributed by atoms with van der Waals surface area (Å²) in [6, 6.07) is 0. The maximum atomic E-state index is 10.4. The maximum absolute atomic E-state index is 10.4. The summed E-state index contributed by atoms with van der Waals surface area (Å²) < 4.78 is 0. The smallest absolute Gasteiger partial charge is 0.152 e. The molecule has 0 radical (unpaired) electrons. The second-order valence-electron chi connectivity index (χ2n) is 2.22. The average Bonchev–Trinajstić information content (AvgIpc) is 1.63. The van der Waals surface area contributed by atoms with Crippen molar-refractivity contribution in [2.75, 3.05) is 0 Å². The van der Waals surface area contributed by atoms with Gasteiger partial charge in [0.05, 0.1) is 0 Å². The second kappa shape index (κ2) is 3.23. The van der Waals surface area contributed by atoms with Gasteiger partial charge in [0.1, 0.15) is 0 Å². The fourth-order valence-electron chi connectivity index (χ4n) is 0.428. The molecule has 1 heteroatoms. The van der Waals surface area contributed by atoms with Gasteiger partial charge in [0.2, 0.25) is 0 Å². The molecule has 0 fully saturated rings. The van der Waals surface area contributed by atoms with Crippen LogP contribution in [-0.4, -0.2) is 5.78 Å². The Morgan fingerprint density at radius 3 is 1.89 bits per heavy atom. The molecule has 0 aromatic heterocycles. The van der Waals surface area contributed by atoms with Crippen molar-refractivity contribution >= 4 is 5.78 Å². The molecule has 0 spiro atoms. The van der Waals surface area contributed by atoms with Crippen molar-refractivity contribution in [1.29, 1.82) is 0 Å². The normalized spacial score (nSPS) is 11.2. The van der Waals surface area contributed by atoms with Crippen LogP contribution in [0.15, 0.2) is 23.8 Å². The molecule has 0 rings (SSSR count). The second-order valence-corrected chi connectivity index (χ2v) is 2.22. The summed E-state index contributed by atoms with van der Waals surface area (Å²) in [6.07, 6.45) is 1.59. The summed E-state index contributed by atoms with van der Waals surface area (Å²) in [6.45, 7) is 8.98. The van der Waals surface area contributed by atoms with Gasteiger partial charge in [-0.15, -0.1) is 0 Å². The highest BCUT2D eigenvalue weighted by atomic mass is 16.1. The molecular formula is C8H12O. The molecule has 0 bridgehead atoms. The minimum absolute atomic E-state index is 0.0792. The third-order valence-electron chi connectivity index (χ3n) is 1.09. The van der Waals surface area contributed by atoms with Crippen molar-refractivity contribution < 1.29 is 4.79 Å². The quantitative estimate of drug-likeness (QED) is 0.407. The highest BCUT2D eigenvalue weighted by Gasteiger charge is 1.89. The molecule has 0 aliphatic carbocycles. The largest absolute Gasteiger partial charge is 0.295 e. The van der Waals surface area contributed by atoms with E-state index in [0.717, 1.165) is 11.1 Å². The lowest BCUT2D eigenvalue weighted by atomic mass is 10.1. The van der Waals surface area contributed by atoms with Gasteiger partial charge in [-0.25, -0.2) is 0 Å². The Balaban J connectivity index is 4.17. The minimum Gasteiger partial charge on any atom is -0.295 e. The molecule has 0 amide bonds. The molecule has 1 nitrogen and oxygen atoms in total. The van der Waals surface area contributed by atoms with E-state index in [1.54, 1.807) is 6.08 Å². The summed E-state index contributed by atoms with van der Waals surface area (Å²) in [7, 11) is 0. The van der Waals surface area contributed by atoms with Crippen LogP contribution in [0.1, 0.15) is 20.8 Å². The number of allylic oxidation sites excluding steroid dienone is 3. The molecule has 0 heterocycles. The number of carbonyl (C=O) groups is 1. The van der Waals surface area contributed by atoms with Crippen LogP contribution in [0, 0.1) is 0 Å². The third-order valence-corrected chi connectivity index (χ3v) is 1.09. The predicted molar refractivity (Wildman–Crippen MR) is 39.3 cm³/mol. The van der Waals surface area contributed by atoms with Crippen molar-refractivity contribution in [2.24, 2.45) is 0 Å². The van der Waals surface area contributed by atoms with Crippen LogP contribution in [0.25, 0.3) is 0 Å². The fraction of sp³-hybridized carbons (Fsp3) is 0.375. The van der Waals surface area contributed by atoms with Crippen LogP contribution in [0.5, 0.6) is 0 Å². The summed E-state index contributed by atoms with van der Waals surface area (Å²) in [4.78, 5) is 10.4. The fourth-order valence-corrected chi connectivity index (χ4v) is 0.428. The van der Waals surface area contributed by atoms with E-state index < -0.39 is 0 Å². The average molecular weight is 124 g/mol. The van der Waals surface area contributed by atoms with Crippen molar-refractivity contribution in [3.05, 3.63) is 23.8 Å². The number of carbonyl (C=O) groups excluding carboxylic acids is 1.